The van der Waals surface area contributed by atoms with E-state index in [0.717, 1.165) is 43.4 Å². The number of para-hydroxylation sites is 1. The van der Waals surface area contributed by atoms with E-state index in [2.05, 4.69) is 54.6 Å². The summed E-state index contributed by atoms with van der Waals surface area (Å²) in [5.74, 6) is 2.18. The van der Waals surface area contributed by atoms with Gasteiger partial charge in [-0.05, 0) is 43.3 Å². The standard InChI is InChI=1S/C21H24N6O/c1-2-28-19-10-8-17(9-11-19)23-21-24-20(16-22-25-21)27-14-12-26(13-15-27)18-6-4-3-5-7-18/h3-11,16H,2,12-15H2,1H3,(H,23,24,25). The van der Waals surface area contributed by atoms with Crippen LogP contribution in [0.2, 0.25) is 0 Å². The molecular weight excluding hydrogens is 352 g/mol. The van der Waals surface area contributed by atoms with Crippen LogP contribution in [-0.4, -0.2) is 48.0 Å². The third kappa shape index (κ3) is 4.31. The Hall–Kier alpha value is -3.35. The monoisotopic (exact) mass is 376 g/mol. The molecule has 0 radical (unpaired) electrons. The molecule has 0 aliphatic carbocycles. The molecule has 0 unspecified atom stereocenters. The van der Waals surface area contributed by atoms with E-state index in [1.54, 1.807) is 6.20 Å². The minimum atomic E-state index is 0.493. The summed E-state index contributed by atoms with van der Waals surface area (Å²) in [5, 5.41) is 11.4. The van der Waals surface area contributed by atoms with Crippen LogP contribution in [0.4, 0.5) is 23.1 Å². The predicted octanol–water partition coefficient (Wildman–Crippen LogP) is 3.34. The van der Waals surface area contributed by atoms with E-state index in [1.807, 2.05) is 37.3 Å². The molecular formula is C21H24N6O. The van der Waals surface area contributed by atoms with Crippen molar-refractivity contribution in [3.8, 4) is 5.75 Å². The highest BCUT2D eigenvalue weighted by Gasteiger charge is 2.19. The molecule has 1 aliphatic heterocycles. The summed E-state index contributed by atoms with van der Waals surface area (Å²) >= 11 is 0. The fourth-order valence-corrected chi connectivity index (χ4v) is 3.26. The van der Waals surface area contributed by atoms with Gasteiger partial charge < -0.3 is 19.9 Å². The van der Waals surface area contributed by atoms with Crippen molar-refractivity contribution in [2.24, 2.45) is 0 Å². The SMILES string of the molecule is CCOc1ccc(Nc2nncc(N3CCN(c4ccccc4)CC3)n2)cc1. The quantitative estimate of drug-likeness (QED) is 0.708. The Labute approximate surface area is 165 Å². The van der Waals surface area contributed by atoms with E-state index in [-0.39, 0.29) is 0 Å². The summed E-state index contributed by atoms with van der Waals surface area (Å²) in [5.41, 5.74) is 2.16. The van der Waals surface area contributed by atoms with Gasteiger partial charge in [0, 0.05) is 37.6 Å². The van der Waals surface area contributed by atoms with Crippen molar-refractivity contribution in [2.75, 3.05) is 47.9 Å². The van der Waals surface area contributed by atoms with Crippen molar-refractivity contribution >= 4 is 23.1 Å². The van der Waals surface area contributed by atoms with Crippen LogP contribution in [0.5, 0.6) is 5.75 Å². The maximum Gasteiger partial charge on any atom is 0.249 e. The number of aromatic nitrogens is 3. The molecule has 144 valence electrons. The molecule has 2 heterocycles. The predicted molar refractivity (Wildman–Crippen MR) is 112 cm³/mol. The van der Waals surface area contributed by atoms with E-state index in [1.165, 1.54) is 5.69 Å². The van der Waals surface area contributed by atoms with Gasteiger partial charge in [-0.2, -0.15) is 10.1 Å². The number of benzene rings is 2. The van der Waals surface area contributed by atoms with Gasteiger partial charge in [0.15, 0.2) is 5.82 Å². The molecule has 0 atom stereocenters. The van der Waals surface area contributed by atoms with Gasteiger partial charge in [-0.15, -0.1) is 5.10 Å². The zero-order chi connectivity index (χ0) is 19.2. The normalized spacial score (nSPS) is 14.0. The first-order chi connectivity index (χ1) is 13.8. The Balaban J connectivity index is 1.39. The average Bonchev–Trinajstić information content (AvgIpc) is 2.76. The smallest absolute Gasteiger partial charge is 0.249 e. The Morgan fingerprint density at radius 1 is 0.929 bits per heavy atom. The second kappa shape index (κ2) is 8.56. The zero-order valence-corrected chi connectivity index (χ0v) is 16.0. The lowest BCUT2D eigenvalue weighted by molar-refractivity contribution is 0.340. The highest BCUT2D eigenvalue weighted by molar-refractivity contribution is 5.56. The molecule has 0 amide bonds. The first-order valence-corrected chi connectivity index (χ1v) is 9.56. The van der Waals surface area contributed by atoms with E-state index < -0.39 is 0 Å². The number of piperazine rings is 1. The molecule has 1 saturated heterocycles. The van der Waals surface area contributed by atoms with Crippen molar-refractivity contribution in [3.63, 3.8) is 0 Å². The molecule has 7 nitrogen and oxygen atoms in total. The lowest BCUT2D eigenvalue weighted by atomic mass is 10.2. The topological polar surface area (TPSA) is 66.4 Å². The minimum Gasteiger partial charge on any atom is -0.494 e. The van der Waals surface area contributed by atoms with Crippen LogP contribution in [0.15, 0.2) is 60.8 Å². The van der Waals surface area contributed by atoms with E-state index in [4.69, 9.17) is 4.74 Å². The first kappa shape index (κ1) is 18.0. The summed E-state index contributed by atoms with van der Waals surface area (Å²) in [6.45, 7) is 6.33. The van der Waals surface area contributed by atoms with Gasteiger partial charge in [-0.3, -0.25) is 0 Å². The first-order valence-electron chi connectivity index (χ1n) is 9.56. The van der Waals surface area contributed by atoms with Gasteiger partial charge in [0.1, 0.15) is 5.75 Å². The number of anilines is 4. The summed E-state index contributed by atoms with van der Waals surface area (Å²) in [6.07, 6.45) is 1.72. The van der Waals surface area contributed by atoms with Crippen LogP contribution in [0.25, 0.3) is 0 Å². The lowest BCUT2D eigenvalue weighted by Gasteiger charge is -2.36. The average molecular weight is 376 g/mol. The molecule has 3 aromatic rings. The van der Waals surface area contributed by atoms with E-state index >= 15 is 0 Å². The van der Waals surface area contributed by atoms with Crippen LogP contribution in [0.3, 0.4) is 0 Å². The minimum absolute atomic E-state index is 0.493. The Morgan fingerprint density at radius 3 is 2.36 bits per heavy atom. The van der Waals surface area contributed by atoms with Crippen molar-refractivity contribution in [3.05, 3.63) is 60.8 Å². The molecule has 7 heteroatoms. The highest BCUT2D eigenvalue weighted by atomic mass is 16.5. The molecule has 1 N–H and O–H groups in total. The number of hydrogen-bond donors (Lipinski definition) is 1. The van der Waals surface area contributed by atoms with Gasteiger partial charge in [-0.25, -0.2) is 0 Å². The van der Waals surface area contributed by atoms with Gasteiger partial charge in [0.25, 0.3) is 0 Å². The molecule has 0 spiro atoms. The fraction of sp³-hybridized carbons (Fsp3) is 0.286. The summed E-state index contributed by atoms with van der Waals surface area (Å²) in [4.78, 5) is 9.28. The highest BCUT2D eigenvalue weighted by Crippen LogP contribution is 2.21. The maximum atomic E-state index is 5.47. The second-order valence-electron chi connectivity index (χ2n) is 6.53. The number of ether oxygens (including phenoxy) is 1. The number of nitrogens with one attached hydrogen (secondary N) is 1. The van der Waals surface area contributed by atoms with Gasteiger partial charge >= 0.3 is 0 Å². The number of nitrogens with zero attached hydrogens (tertiary/aromatic N) is 5. The van der Waals surface area contributed by atoms with Crippen LogP contribution in [-0.2, 0) is 0 Å². The van der Waals surface area contributed by atoms with Crippen molar-refractivity contribution in [2.45, 2.75) is 6.92 Å². The molecule has 28 heavy (non-hydrogen) atoms. The van der Waals surface area contributed by atoms with Crippen LogP contribution in [0, 0.1) is 0 Å². The van der Waals surface area contributed by atoms with Gasteiger partial charge in [-0.1, -0.05) is 18.2 Å². The van der Waals surface area contributed by atoms with Crippen molar-refractivity contribution in [1.82, 2.24) is 15.2 Å². The third-order valence-corrected chi connectivity index (χ3v) is 4.69. The maximum absolute atomic E-state index is 5.47. The molecule has 1 fully saturated rings. The molecule has 2 aromatic carbocycles. The van der Waals surface area contributed by atoms with Crippen LogP contribution < -0.4 is 19.9 Å². The van der Waals surface area contributed by atoms with Crippen LogP contribution in [0.1, 0.15) is 6.92 Å². The molecule has 1 aliphatic rings. The van der Waals surface area contributed by atoms with Gasteiger partial charge in [0.05, 0.1) is 12.8 Å². The summed E-state index contributed by atoms with van der Waals surface area (Å²) in [6, 6.07) is 18.2. The lowest BCUT2D eigenvalue weighted by Crippen LogP contribution is -2.46. The molecule has 1 aromatic heterocycles. The van der Waals surface area contributed by atoms with Gasteiger partial charge in [0.2, 0.25) is 5.95 Å². The van der Waals surface area contributed by atoms with E-state index in [0.29, 0.717) is 12.6 Å². The molecule has 0 saturated carbocycles. The second-order valence-corrected chi connectivity index (χ2v) is 6.53. The summed E-state index contributed by atoms with van der Waals surface area (Å²) in [7, 11) is 0. The van der Waals surface area contributed by atoms with Crippen LogP contribution >= 0.6 is 0 Å². The fourth-order valence-electron chi connectivity index (χ4n) is 3.26. The Kier molecular flexibility index (Phi) is 5.51. The van der Waals surface area contributed by atoms with Crippen molar-refractivity contribution < 1.29 is 4.74 Å². The summed E-state index contributed by atoms with van der Waals surface area (Å²) < 4.78 is 5.47. The molecule has 4 rings (SSSR count). The zero-order valence-electron chi connectivity index (χ0n) is 16.0. The number of rotatable bonds is 6. The Bertz CT molecular complexity index is 879. The Morgan fingerprint density at radius 2 is 1.64 bits per heavy atom. The number of hydrogen-bond acceptors (Lipinski definition) is 7. The third-order valence-electron chi connectivity index (χ3n) is 4.69. The molecule has 0 bridgehead atoms. The van der Waals surface area contributed by atoms with E-state index in [9.17, 15) is 0 Å². The van der Waals surface area contributed by atoms with Crippen molar-refractivity contribution in [1.29, 1.82) is 0 Å². The largest absolute Gasteiger partial charge is 0.494 e.